The molecule has 0 radical (unpaired) electrons. The van der Waals surface area contributed by atoms with Crippen LogP contribution < -0.4 is 8.92 Å². The molecule has 0 saturated heterocycles. The van der Waals surface area contributed by atoms with Crippen molar-refractivity contribution in [2.24, 2.45) is 0 Å². The minimum absolute atomic E-state index is 1.30. The van der Waals surface area contributed by atoms with Crippen LogP contribution in [0.2, 0.25) is 0 Å². The Hall–Kier alpha value is 0.439. The summed E-state index contributed by atoms with van der Waals surface area (Å²) in [6.45, 7) is 2.12. The number of rotatable bonds is 0. The Morgan fingerprint density at radius 1 is 1.15 bits per heavy atom. The zero-order chi connectivity index (χ0) is 9.68. The normalized spacial score (nSPS) is 9.15. The Morgan fingerprint density at radius 3 is 2.08 bits per heavy atom. The first-order valence-electron chi connectivity index (χ1n) is 3.64. The SMILES string of the molecule is Cc1sccc1[SeH].[SeH]c1ccsc1. The first-order chi connectivity index (χ1) is 6.20. The first-order valence-corrected chi connectivity index (χ1v) is 7.34. The fraction of sp³-hybridized carbons (Fsp3) is 0.111. The molecule has 0 spiro atoms. The molecule has 0 unspecified atom stereocenters. The average molecular weight is 340 g/mol. The Balaban J connectivity index is 0.000000132. The molecule has 0 aromatic carbocycles. The molecule has 0 aliphatic carbocycles. The molecule has 0 aliphatic heterocycles. The summed E-state index contributed by atoms with van der Waals surface area (Å²) in [5, 5.41) is 6.26. The Labute approximate surface area is 103 Å². The molecule has 0 fully saturated rings. The quantitative estimate of drug-likeness (QED) is 0.624. The van der Waals surface area contributed by atoms with Crippen LogP contribution in [-0.4, -0.2) is 32.0 Å². The van der Waals surface area contributed by atoms with Crippen LogP contribution in [0.15, 0.2) is 28.3 Å². The predicted octanol–water partition coefficient (Wildman–Crippen LogP) is 0.857. The second-order valence-corrected chi connectivity index (χ2v) is 6.34. The van der Waals surface area contributed by atoms with Crippen molar-refractivity contribution in [3.8, 4) is 0 Å². The molecular weight excluding hydrogens is 330 g/mol. The molecule has 2 aromatic rings. The van der Waals surface area contributed by atoms with Gasteiger partial charge in [-0.15, -0.1) is 0 Å². The summed E-state index contributed by atoms with van der Waals surface area (Å²) in [7, 11) is 0. The molecule has 0 amide bonds. The summed E-state index contributed by atoms with van der Waals surface area (Å²) in [6, 6.07) is 4.19. The van der Waals surface area contributed by atoms with E-state index in [1.54, 1.807) is 22.7 Å². The van der Waals surface area contributed by atoms with Gasteiger partial charge in [-0.2, -0.15) is 0 Å². The van der Waals surface area contributed by atoms with E-state index in [2.05, 4.69) is 67.2 Å². The van der Waals surface area contributed by atoms with Gasteiger partial charge in [0.05, 0.1) is 0 Å². The van der Waals surface area contributed by atoms with E-state index in [-0.39, 0.29) is 0 Å². The Morgan fingerprint density at radius 2 is 1.92 bits per heavy atom. The van der Waals surface area contributed by atoms with Gasteiger partial charge in [-0.05, 0) is 0 Å². The number of hydrogen-bond donors (Lipinski definition) is 0. The third kappa shape index (κ3) is 4.46. The van der Waals surface area contributed by atoms with E-state index in [0.29, 0.717) is 0 Å². The number of aryl methyl sites for hydroxylation is 1. The summed E-state index contributed by atoms with van der Waals surface area (Å²) in [5.74, 6) is 0. The van der Waals surface area contributed by atoms with Crippen LogP contribution in [0.3, 0.4) is 0 Å². The van der Waals surface area contributed by atoms with Crippen LogP contribution in [-0.2, 0) is 0 Å². The van der Waals surface area contributed by atoms with Crippen molar-refractivity contribution in [2.45, 2.75) is 6.92 Å². The summed E-state index contributed by atoms with van der Waals surface area (Å²) in [4.78, 5) is 1.40. The zero-order valence-electron chi connectivity index (χ0n) is 7.10. The first kappa shape index (κ1) is 11.5. The van der Waals surface area contributed by atoms with E-state index < -0.39 is 0 Å². The minimum atomic E-state index is 1.30. The molecule has 0 N–H and O–H groups in total. The van der Waals surface area contributed by atoms with Gasteiger partial charge in [0.15, 0.2) is 0 Å². The van der Waals surface area contributed by atoms with E-state index in [1.165, 1.54) is 13.8 Å². The molecular formula is C9H10S2Se2. The molecule has 70 valence electrons. The Kier molecular flexibility index (Phi) is 5.33. The second kappa shape index (κ2) is 6.02. The summed E-state index contributed by atoms with van der Waals surface area (Å²) < 4.78 is 2.64. The molecule has 0 aliphatic rings. The van der Waals surface area contributed by atoms with Gasteiger partial charge in [0.1, 0.15) is 0 Å². The van der Waals surface area contributed by atoms with Gasteiger partial charge in [0, 0.05) is 0 Å². The van der Waals surface area contributed by atoms with Gasteiger partial charge < -0.3 is 0 Å². The van der Waals surface area contributed by atoms with Crippen LogP contribution in [0, 0.1) is 6.92 Å². The van der Waals surface area contributed by atoms with Crippen LogP contribution >= 0.6 is 22.7 Å². The summed E-state index contributed by atoms with van der Waals surface area (Å²) in [5.41, 5.74) is 0. The molecule has 2 heterocycles. The van der Waals surface area contributed by atoms with Gasteiger partial charge in [0.25, 0.3) is 0 Å². The van der Waals surface area contributed by atoms with Crippen LogP contribution in [0.5, 0.6) is 0 Å². The molecule has 2 rings (SSSR count). The van der Waals surface area contributed by atoms with Crippen LogP contribution in [0.25, 0.3) is 0 Å². The summed E-state index contributed by atoms with van der Waals surface area (Å²) in [6.07, 6.45) is 0. The molecule has 0 saturated carbocycles. The van der Waals surface area contributed by atoms with E-state index in [4.69, 9.17) is 0 Å². The number of thiophene rings is 2. The van der Waals surface area contributed by atoms with Crippen molar-refractivity contribution in [1.29, 1.82) is 0 Å². The standard InChI is InChI=1S/C5H6SSe.C4H4SSe/c1-4-5(7)2-3-6-4;6-4-1-2-5-3-4/h2-3,7H,1H3;1-3,6H. The van der Waals surface area contributed by atoms with Gasteiger partial charge in [-0.1, -0.05) is 0 Å². The van der Waals surface area contributed by atoms with Crippen LogP contribution in [0.1, 0.15) is 4.88 Å². The molecule has 4 heteroatoms. The van der Waals surface area contributed by atoms with Gasteiger partial charge in [0.2, 0.25) is 0 Å². The van der Waals surface area contributed by atoms with Gasteiger partial charge >= 0.3 is 104 Å². The Bertz CT molecular complexity index is 322. The molecule has 0 bridgehead atoms. The van der Waals surface area contributed by atoms with E-state index in [0.717, 1.165) is 0 Å². The fourth-order valence-corrected chi connectivity index (χ4v) is 3.22. The van der Waals surface area contributed by atoms with Crippen molar-refractivity contribution in [3.05, 3.63) is 33.2 Å². The summed E-state index contributed by atoms with van der Waals surface area (Å²) >= 11 is 8.55. The molecule has 13 heavy (non-hydrogen) atoms. The molecule has 0 nitrogen and oxygen atoms in total. The van der Waals surface area contributed by atoms with E-state index in [1.807, 2.05) is 0 Å². The third-order valence-electron chi connectivity index (χ3n) is 1.34. The maximum absolute atomic E-state index is 2.55. The zero-order valence-corrected chi connectivity index (χ0v) is 12.5. The maximum atomic E-state index is 2.55. The molecule has 0 atom stereocenters. The monoisotopic (exact) mass is 342 g/mol. The predicted molar refractivity (Wildman–Crippen MR) is 66.9 cm³/mol. The van der Waals surface area contributed by atoms with Crippen molar-refractivity contribution in [3.63, 3.8) is 0 Å². The van der Waals surface area contributed by atoms with Crippen molar-refractivity contribution >= 4 is 63.6 Å². The fourth-order valence-electron chi connectivity index (χ4n) is 0.636. The van der Waals surface area contributed by atoms with Gasteiger partial charge in [-0.3, -0.25) is 0 Å². The van der Waals surface area contributed by atoms with Crippen LogP contribution in [0.4, 0.5) is 0 Å². The third-order valence-corrected chi connectivity index (χ3v) is 5.18. The van der Waals surface area contributed by atoms with E-state index >= 15 is 0 Å². The van der Waals surface area contributed by atoms with Crippen molar-refractivity contribution in [2.75, 3.05) is 0 Å². The van der Waals surface area contributed by atoms with Crippen molar-refractivity contribution < 1.29 is 0 Å². The van der Waals surface area contributed by atoms with E-state index in [9.17, 15) is 0 Å². The van der Waals surface area contributed by atoms with Crippen molar-refractivity contribution in [1.82, 2.24) is 0 Å². The topological polar surface area (TPSA) is 0 Å². The molecule has 2 aromatic heterocycles. The number of hydrogen-bond acceptors (Lipinski definition) is 2. The van der Waals surface area contributed by atoms with Gasteiger partial charge in [-0.25, -0.2) is 0 Å². The average Bonchev–Trinajstić information content (AvgIpc) is 2.67. The second-order valence-electron chi connectivity index (χ2n) is 2.34.